The van der Waals surface area contributed by atoms with Gasteiger partial charge in [-0.2, -0.15) is 0 Å². The van der Waals surface area contributed by atoms with Crippen molar-refractivity contribution in [2.45, 2.75) is 38.9 Å². The van der Waals surface area contributed by atoms with Crippen molar-refractivity contribution in [1.29, 1.82) is 0 Å². The fraction of sp³-hybridized carbons (Fsp3) is 0.429. The van der Waals surface area contributed by atoms with E-state index in [0.29, 0.717) is 17.8 Å². The highest BCUT2D eigenvalue weighted by Crippen LogP contribution is 2.26. The highest BCUT2D eigenvalue weighted by atomic mass is 32.2. The minimum absolute atomic E-state index is 0.0486. The third-order valence-electron chi connectivity index (χ3n) is 2.11. The first-order valence-corrected chi connectivity index (χ1v) is 7.02. The van der Waals surface area contributed by atoms with Crippen molar-refractivity contribution >= 4 is 34.3 Å². The molecular formula is C14H20N2O2S. The SMILES string of the molecule is CCC(=O)Nc1cccc(NC(=O)SC(C)(C)C)c1. The molecule has 1 aromatic carbocycles. The molecule has 0 fully saturated rings. The number of carbonyl (C=O) groups excluding carboxylic acids is 2. The molecule has 0 atom stereocenters. The van der Waals surface area contributed by atoms with Crippen LogP contribution in [0.3, 0.4) is 0 Å². The Hall–Kier alpha value is -1.49. The molecule has 2 N–H and O–H groups in total. The van der Waals surface area contributed by atoms with Gasteiger partial charge in [-0.1, -0.05) is 45.5 Å². The van der Waals surface area contributed by atoms with Gasteiger partial charge < -0.3 is 10.6 Å². The number of rotatable bonds is 3. The van der Waals surface area contributed by atoms with Crippen LogP contribution in [0.15, 0.2) is 24.3 Å². The Morgan fingerprint density at radius 1 is 1.16 bits per heavy atom. The normalized spacial score (nSPS) is 10.9. The topological polar surface area (TPSA) is 58.2 Å². The Labute approximate surface area is 118 Å². The third kappa shape index (κ3) is 6.29. The Kier molecular flexibility index (Phi) is 5.42. The molecule has 0 saturated heterocycles. The van der Waals surface area contributed by atoms with Crippen molar-refractivity contribution in [2.75, 3.05) is 10.6 Å². The molecule has 0 saturated carbocycles. The predicted octanol–water partition coefficient (Wildman–Crippen LogP) is 4.10. The van der Waals surface area contributed by atoms with E-state index in [1.165, 1.54) is 11.8 Å². The summed E-state index contributed by atoms with van der Waals surface area (Å²) in [6.07, 6.45) is 0.427. The number of benzene rings is 1. The second-order valence-corrected chi connectivity index (χ2v) is 6.91. The minimum atomic E-state index is -0.127. The summed E-state index contributed by atoms with van der Waals surface area (Å²) in [4.78, 5) is 23.1. The second-order valence-electron chi connectivity index (χ2n) is 5.11. The summed E-state index contributed by atoms with van der Waals surface area (Å²) in [6.45, 7) is 7.74. The molecule has 5 heteroatoms. The fourth-order valence-electron chi connectivity index (χ4n) is 1.35. The standard InChI is InChI=1S/C14H20N2O2S/c1-5-12(17)15-10-7-6-8-11(9-10)16-13(18)19-14(2,3)4/h6-9H,5H2,1-4H3,(H,15,17)(H,16,18). The molecule has 0 radical (unpaired) electrons. The summed E-state index contributed by atoms with van der Waals surface area (Å²) >= 11 is 1.24. The van der Waals surface area contributed by atoms with E-state index in [0.717, 1.165) is 0 Å². The van der Waals surface area contributed by atoms with E-state index in [1.54, 1.807) is 31.2 Å². The van der Waals surface area contributed by atoms with Gasteiger partial charge in [0, 0.05) is 22.5 Å². The number of anilines is 2. The van der Waals surface area contributed by atoms with Gasteiger partial charge in [-0.25, -0.2) is 0 Å². The van der Waals surface area contributed by atoms with Gasteiger partial charge in [0.2, 0.25) is 5.91 Å². The predicted molar refractivity (Wildman–Crippen MR) is 81.7 cm³/mol. The summed E-state index contributed by atoms with van der Waals surface area (Å²) in [5.41, 5.74) is 1.36. The summed E-state index contributed by atoms with van der Waals surface area (Å²) in [7, 11) is 0. The largest absolute Gasteiger partial charge is 0.326 e. The molecule has 0 spiro atoms. The smallest absolute Gasteiger partial charge is 0.283 e. The van der Waals surface area contributed by atoms with Crippen LogP contribution in [0.1, 0.15) is 34.1 Å². The third-order valence-corrected chi connectivity index (χ3v) is 3.01. The van der Waals surface area contributed by atoms with Crippen molar-refractivity contribution in [3.05, 3.63) is 24.3 Å². The summed E-state index contributed by atoms with van der Waals surface area (Å²) in [5.74, 6) is -0.0486. The molecule has 0 bridgehead atoms. The van der Waals surface area contributed by atoms with Crippen LogP contribution in [-0.2, 0) is 4.79 Å². The molecule has 4 nitrogen and oxygen atoms in total. The fourth-order valence-corrected chi connectivity index (χ4v) is 2.07. The first-order chi connectivity index (χ1) is 8.80. The molecule has 104 valence electrons. The summed E-state index contributed by atoms with van der Waals surface area (Å²) in [6, 6.07) is 7.13. The van der Waals surface area contributed by atoms with Gasteiger partial charge in [-0.3, -0.25) is 9.59 Å². The summed E-state index contributed by atoms with van der Waals surface area (Å²) < 4.78 is -0.127. The quantitative estimate of drug-likeness (QED) is 0.876. The molecule has 0 aromatic heterocycles. The zero-order valence-electron chi connectivity index (χ0n) is 11.7. The van der Waals surface area contributed by atoms with Crippen LogP contribution in [0.4, 0.5) is 16.2 Å². The number of hydrogen-bond donors (Lipinski definition) is 2. The summed E-state index contributed by atoms with van der Waals surface area (Å²) in [5, 5.41) is 5.45. The molecule has 1 rings (SSSR count). The lowest BCUT2D eigenvalue weighted by Crippen LogP contribution is -2.16. The second kappa shape index (κ2) is 6.61. The van der Waals surface area contributed by atoms with E-state index in [2.05, 4.69) is 10.6 Å². The molecule has 19 heavy (non-hydrogen) atoms. The Balaban J connectivity index is 2.67. The zero-order chi connectivity index (χ0) is 14.5. The van der Waals surface area contributed by atoms with E-state index in [4.69, 9.17) is 0 Å². The average molecular weight is 280 g/mol. The maximum atomic E-state index is 11.8. The highest BCUT2D eigenvalue weighted by molar-refractivity contribution is 8.15. The first-order valence-electron chi connectivity index (χ1n) is 6.20. The van der Waals surface area contributed by atoms with Crippen molar-refractivity contribution in [3.8, 4) is 0 Å². The Bertz CT molecular complexity index is 467. The van der Waals surface area contributed by atoms with Crippen molar-refractivity contribution in [2.24, 2.45) is 0 Å². The number of carbonyl (C=O) groups is 2. The number of amides is 2. The van der Waals surface area contributed by atoms with Gasteiger partial charge in [0.1, 0.15) is 0 Å². The van der Waals surface area contributed by atoms with Crippen LogP contribution in [0.25, 0.3) is 0 Å². The molecule has 1 aromatic rings. The molecule has 0 heterocycles. The molecule has 0 aliphatic carbocycles. The van der Waals surface area contributed by atoms with Gasteiger partial charge in [0.25, 0.3) is 5.24 Å². The first kappa shape index (κ1) is 15.6. The van der Waals surface area contributed by atoms with E-state index in [1.807, 2.05) is 20.8 Å². The number of hydrogen-bond acceptors (Lipinski definition) is 3. The van der Waals surface area contributed by atoms with Gasteiger partial charge in [-0.05, 0) is 18.2 Å². The number of thioether (sulfide) groups is 1. The molecule has 0 unspecified atom stereocenters. The molecule has 0 aliphatic rings. The average Bonchev–Trinajstić information content (AvgIpc) is 2.26. The molecule has 0 aliphatic heterocycles. The molecule has 2 amide bonds. The van der Waals surface area contributed by atoms with Gasteiger partial charge in [0.15, 0.2) is 0 Å². The van der Waals surface area contributed by atoms with E-state index in [-0.39, 0.29) is 15.9 Å². The lowest BCUT2D eigenvalue weighted by molar-refractivity contribution is -0.115. The lowest BCUT2D eigenvalue weighted by Gasteiger charge is -2.16. The van der Waals surface area contributed by atoms with Crippen LogP contribution in [-0.4, -0.2) is 15.9 Å². The zero-order valence-corrected chi connectivity index (χ0v) is 12.6. The van der Waals surface area contributed by atoms with Crippen molar-refractivity contribution in [1.82, 2.24) is 0 Å². The van der Waals surface area contributed by atoms with E-state index >= 15 is 0 Å². The minimum Gasteiger partial charge on any atom is -0.326 e. The Morgan fingerprint density at radius 3 is 2.26 bits per heavy atom. The van der Waals surface area contributed by atoms with Gasteiger partial charge >= 0.3 is 0 Å². The molecular weight excluding hydrogens is 260 g/mol. The lowest BCUT2D eigenvalue weighted by atomic mass is 10.2. The Morgan fingerprint density at radius 2 is 1.74 bits per heavy atom. The number of nitrogens with one attached hydrogen (secondary N) is 2. The van der Waals surface area contributed by atoms with Crippen molar-refractivity contribution in [3.63, 3.8) is 0 Å². The van der Waals surface area contributed by atoms with Crippen LogP contribution in [0, 0.1) is 0 Å². The maximum Gasteiger partial charge on any atom is 0.283 e. The highest BCUT2D eigenvalue weighted by Gasteiger charge is 2.16. The van der Waals surface area contributed by atoms with Crippen LogP contribution in [0.5, 0.6) is 0 Å². The monoisotopic (exact) mass is 280 g/mol. The van der Waals surface area contributed by atoms with Gasteiger partial charge in [0.05, 0.1) is 0 Å². The van der Waals surface area contributed by atoms with E-state index in [9.17, 15) is 9.59 Å². The van der Waals surface area contributed by atoms with Crippen LogP contribution < -0.4 is 10.6 Å². The van der Waals surface area contributed by atoms with Gasteiger partial charge in [-0.15, -0.1) is 0 Å². The maximum absolute atomic E-state index is 11.8. The van der Waals surface area contributed by atoms with E-state index < -0.39 is 0 Å². The van der Waals surface area contributed by atoms with Crippen LogP contribution >= 0.6 is 11.8 Å². The van der Waals surface area contributed by atoms with Crippen LogP contribution in [0.2, 0.25) is 0 Å². The van der Waals surface area contributed by atoms with Crippen molar-refractivity contribution < 1.29 is 9.59 Å².